The zero-order chi connectivity index (χ0) is 17.9. The highest BCUT2D eigenvalue weighted by atomic mass is 35.5. The molecule has 0 radical (unpaired) electrons. The van der Waals surface area contributed by atoms with Crippen LogP contribution >= 0.6 is 11.6 Å². The van der Waals surface area contributed by atoms with Gasteiger partial charge in [0.2, 0.25) is 0 Å². The molecule has 8 heteroatoms. The third-order valence-electron chi connectivity index (χ3n) is 4.28. The van der Waals surface area contributed by atoms with Crippen LogP contribution in [-0.4, -0.2) is 41.0 Å². The molecule has 0 aromatic heterocycles. The Hall–Kier alpha value is -1.86. The SMILES string of the molecule is CC(Oc1ccc(Cl)cc1[N+](=O)[O-])C(=O)N1CCCC(C(C)N)C1. The number of ether oxygens (including phenoxy) is 1. The summed E-state index contributed by atoms with van der Waals surface area (Å²) in [5, 5.41) is 11.3. The highest BCUT2D eigenvalue weighted by Gasteiger charge is 2.30. The molecule has 24 heavy (non-hydrogen) atoms. The van der Waals surface area contributed by atoms with E-state index in [-0.39, 0.29) is 34.3 Å². The molecular weight excluding hydrogens is 334 g/mol. The maximum Gasteiger partial charge on any atom is 0.312 e. The number of halogens is 1. The van der Waals surface area contributed by atoms with Crippen molar-refractivity contribution in [3.63, 3.8) is 0 Å². The van der Waals surface area contributed by atoms with Gasteiger partial charge in [0.1, 0.15) is 0 Å². The maximum atomic E-state index is 12.6. The summed E-state index contributed by atoms with van der Waals surface area (Å²) in [7, 11) is 0. The predicted octanol–water partition coefficient (Wildman–Crippen LogP) is 2.60. The first kappa shape index (κ1) is 18.5. The number of carbonyl (C=O) groups is 1. The Balaban J connectivity index is 2.08. The normalized spacial score (nSPS) is 20.3. The van der Waals surface area contributed by atoms with Gasteiger partial charge < -0.3 is 15.4 Å². The third-order valence-corrected chi connectivity index (χ3v) is 4.52. The molecule has 1 fully saturated rings. The molecule has 2 rings (SSSR count). The highest BCUT2D eigenvalue weighted by Crippen LogP contribution is 2.31. The number of amides is 1. The van der Waals surface area contributed by atoms with E-state index >= 15 is 0 Å². The number of piperidine rings is 1. The Morgan fingerprint density at radius 3 is 2.83 bits per heavy atom. The van der Waals surface area contributed by atoms with Gasteiger partial charge in [-0.1, -0.05) is 11.6 Å². The van der Waals surface area contributed by atoms with E-state index in [1.807, 2.05) is 6.92 Å². The molecule has 1 amide bonds. The van der Waals surface area contributed by atoms with Crippen molar-refractivity contribution in [3.8, 4) is 5.75 Å². The summed E-state index contributed by atoms with van der Waals surface area (Å²) in [6.07, 6.45) is 1.07. The van der Waals surface area contributed by atoms with Crippen LogP contribution in [0, 0.1) is 16.0 Å². The first-order valence-corrected chi connectivity index (χ1v) is 8.32. The molecule has 2 N–H and O–H groups in total. The number of nitro groups is 1. The molecule has 132 valence electrons. The van der Waals surface area contributed by atoms with E-state index < -0.39 is 11.0 Å². The fraction of sp³-hybridized carbons (Fsp3) is 0.562. The van der Waals surface area contributed by atoms with Gasteiger partial charge in [0.15, 0.2) is 11.9 Å². The van der Waals surface area contributed by atoms with Crippen molar-refractivity contribution in [2.75, 3.05) is 13.1 Å². The summed E-state index contributed by atoms with van der Waals surface area (Å²) in [5.41, 5.74) is 5.68. The first-order chi connectivity index (χ1) is 11.3. The van der Waals surface area contributed by atoms with Gasteiger partial charge in [-0.3, -0.25) is 14.9 Å². The Morgan fingerprint density at radius 1 is 1.50 bits per heavy atom. The van der Waals surface area contributed by atoms with E-state index in [0.717, 1.165) is 12.8 Å². The van der Waals surface area contributed by atoms with Crippen LogP contribution in [0.4, 0.5) is 5.69 Å². The van der Waals surface area contributed by atoms with Crippen LogP contribution in [0.15, 0.2) is 18.2 Å². The fourth-order valence-corrected chi connectivity index (χ4v) is 3.04. The second kappa shape index (κ2) is 7.81. The molecule has 3 unspecified atom stereocenters. The van der Waals surface area contributed by atoms with Crippen LogP contribution < -0.4 is 10.5 Å². The molecule has 1 aliphatic heterocycles. The lowest BCUT2D eigenvalue weighted by Gasteiger charge is -2.35. The number of benzene rings is 1. The van der Waals surface area contributed by atoms with Gasteiger partial charge >= 0.3 is 5.69 Å². The maximum absolute atomic E-state index is 12.6. The number of nitro benzene ring substituents is 1. The van der Waals surface area contributed by atoms with Crippen LogP contribution in [0.3, 0.4) is 0 Å². The quantitative estimate of drug-likeness (QED) is 0.646. The number of nitrogens with two attached hydrogens (primary N) is 1. The lowest BCUT2D eigenvalue weighted by atomic mass is 9.92. The van der Waals surface area contributed by atoms with Gasteiger partial charge in [0, 0.05) is 30.2 Å². The second-order valence-electron chi connectivity index (χ2n) is 6.17. The molecule has 0 aliphatic carbocycles. The van der Waals surface area contributed by atoms with E-state index in [1.54, 1.807) is 11.8 Å². The fourth-order valence-electron chi connectivity index (χ4n) is 2.87. The summed E-state index contributed by atoms with van der Waals surface area (Å²) >= 11 is 5.78. The van der Waals surface area contributed by atoms with Gasteiger partial charge in [-0.2, -0.15) is 0 Å². The number of hydrogen-bond acceptors (Lipinski definition) is 5. The minimum Gasteiger partial charge on any atom is -0.474 e. The monoisotopic (exact) mass is 355 g/mol. The van der Waals surface area contributed by atoms with Crippen molar-refractivity contribution in [1.29, 1.82) is 0 Å². The van der Waals surface area contributed by atoms with Crippen molar-refractivity contribution in [2.45, 2.75) is 38.8 Å². The average Bonchev–Trinajstić information content (AvgIpc) is 2.55. The lowest BCUT2D eigenvalue weighted by molar-refractivity contribution is -0.386. The largest absolute Gasteiger partial charge is 0.474 e. The van der Waals surface area contributed by atoms with Crippen LogP contribution in [0.1, 0.15) is 26.7 Å². The van der Waals surface area contributed by atoms with Crippen molar-refractivity contribution in [2.24, 2.45) is 11.7 Å². The molecule has 1 aromatic rings. The van der Waals surface area contributed by atoms with Crippen LogP contribution in [-0.2, 0) is 4.79 Å². The lowest BCUT2D eigenvalue weighted by Crippen LogP contribution is -2.48. The summed E-state index contributed by atoms with van der Waals surface area (Å²) < 4.78 is 5.55. The number of carbonyl (C=O) groups excluding carboxylic acids is 1. The van der Waals surface area contributed by atoms with Gasteiger partial charge in [0.05, 0.1) is 4.92 Å². The highest BCUT2D eigenvalue weighted by molar-refractivity contribution is 6.30. The Morgan fingerprint density at radius 2 is 2.21 bits per heavy atom. The van der Waals surface area contributed by atoms with Crippen LogP contribution in [0.25, 0.3) is 0 Å². The van der Waals surface area contributed by atoms with Crippen molar-refractivity contribution >= 4 is 23.2 Å². The Labute approximate surface area is 145 Å². The first-order valence-electron chi connectivity index (χ1n) is 7.94. The van der Waals surface area contributed by atoms with E-state index in [0.29, 0.717) is 13.1 Å². The molecule has 1 saturated heterocycles. The zero-order valence-electron chi connectivity index (χ0n) is 13.8. The van der Waals surface area contributed by atoms with Crippen molar-refractivity contribution < 1.29 is 14.5 Å². The zero-order valence-corrected chi connectivity index (χ0v) is 14.5. The van der Waals surface area contributed by atoms with Gasteiger partial charge in [-0.05, 0) is 44.7 Å². The van der Waals surface area contributed by atoms with Crippen molar-refractivity contribution in [1.82, 2.24) is 4.90 Å². The van der Waals surface area contributed by atoms with E-state index in [4.69, 9.17) is 22.1 Å². The Bertz CT molecular complexity index is 623. The predicted molar refractivity (Wildman–Crippen MR) is 91.1 cm³/mol. The van der Waals surface area contributed by atoms with Gasteiger partial charge in [-0.15, -0.1) is 0 Å². The molecule has 0 spiro atoms. The summed E-state index contributed by atoms with van der Waals surface area (Å²) in [4.78, 5) is 24.8. The minimum atomic E-state index is -0.822. The number of hydrogen-bond donors (Lipinski definition) is 1. The van der Waals surface area contributed by atoms with Gasteiger partial charge in [0.25, 0.3) is 5.91 Å². The smallest absolute Gasteiger partial charge is 0.312 e. The summed E-state index contributed by atoms with van der Waals surface area (Å²) in [5.74, 6) is 0.107. The topological polar surface area (TPSA) is 98.7 Å². The van der Waals surface area contributed by atoms with E-state index in [9.17, 15) is 14.9 Å². The molecule has 0 bridgehead atoms. The standard InChI is InChI=1S/C16H22ClN3O4/c1-10(18)12-4-3-7-19(9-12)16(21)11(2)24-15-6-5-13(17)8-14(15)20(22)23/h5-6,8,10-12H,3-4,7,9,18H2,1-2H3. The molecule has 1 aliphatic rings. The molecular formula is C16H22ClN3O4. The molecule has 0 saturated carbocycles. The number of rotatable bonds is 5. The Kier molecular flexibility index (Phi) is 6.01. The minimum absolute atomic E-state index is 0.0224. The van der Waals surface area contributed by atoms with Crippen LogP contribution in [0.2, 0.25) is 5.02 Å². The summed E-state index contributed by atoms with van der Waals surface area (Å²) in [6.45, 7) is 4.77. The molecule has 1 aromatic carbocycles. The van der Waals surface area contributed by atoms with Crippen LogP contribution in [0.5, 0.6) is 5.75 Å². The molecule has 3 atom stereocenters. The average molecular weight is 356 g/mol. The second-order valence-corrected chi connectivity index (χ2v) is 6.61. The van der Waals surface area contributed by atoms with E-state index in [2.05, 4.69) is 0 Å². The van der Waals surface area contributed by atoms with Gasteiger partial charge in [-0.25, -0.2) is 0 Å². The van der Waals surface area contributed by atoms with Crippen molar-refractivity contribution in [3.05, 3.63) is 33.3 Å². The number of likely N-dealkylation sites (tertiary alicyclic amines) is 1. The van der Waals surface area contributed by atoms with E-state index in [1.165, 1.54) is 18.2 Å². The number of nitrogens with zero attached hydrogens (tertiary/aromatic N) is 2. The molecule has 1 heterocycles. The summed E-state index contributed by atoms with van der Waals surface area (Å²) in [6, 6.07) is 4.13. The molecule has 7 nitrogen and oxygen atoms in total. The third kappa shape index (κ3) is 4.36.